The molecule has 1 aliphatic carbocycles. The number of aromatic nitrogens is 1. The Bertz CT molecular complexity index is 518. The second-order valence-corrected chi connectivity index (χ2v) is 6.01. The van der Waals surface area contributed by atoms with Gasteiger partial charge in [0.25, 0.3) is 5.91 Å². The van der Waals surface area contributed by atoms with E-state index in [1.54, 1.807) is 19.2 Å². The van der Waals surface area contributed by atoms with E-state index in [1.807, 2.05) is 0 Å². The number of piperidine rings is 1. The molecule has 2 aliphatic rings. The third-order valence-electron chi connectivity index (χ3n) is 3.56. The maximum absolute atomic E-state index is 12.3. The Morgan fingerprint density at radius 3 is 3.00 bits per heavy atom. The first-order valence-corrected chi connectivity index (χ1v) is 7.19. The van der Waals surface area contributed by atoms with Crippen molar-refractivity contribution in [1.29, 1.82) is 0 Å². The van der Waals surface area contributed by atoms with E-state index in [0.29, 0.717) is 28.1 Å². The minimum absolute atomic E-state index is 0.165. The van der Waals surface area contributed by atoms with Gasteiger partial charge in [0.2, 0.25) is 0 Å². The maximum atomic E-state index is 12.3. The fourth-order valence-corrected chi connectivity index (χ4v) is 3.05. The van der Waals surface area contributed by atoms with Gasteiger partial charge in [-0.3, -0.25) is 4.79 Å². The van der Waals surface area contributed by atoms with Crippen molar-refractivity contribution in [2.75, 3.05) is 11.5 Å². The average Bonchev–Trinajstić information content (AvgIpc) is 3.02. The lowest BCUT2D eigenvalue weighted by atomic mass is 10.1. The summed E-state index contributed by atoms with van der Waals surface area (Å²) in [5.74, 6) is 1.43. The van der Waals surface area contributed by atoms with Crippen molar-refractivity contribution in [3.05, 3.63) is 16.7 Å². The second kappa shape index (κ2) is 4.92. The molecule has 1 aliphatic heterocycles. The van der Waals surface area contributed by atoms with Gasteiger partial charge in [-0.1, -0.05) is 0 Å². The van der Waals surface area contributed by atoms with Gasteiger partial charge in [-0.15, -0.1) is 0 Å². The minimum atomic E-state index is -0.201. The Balaban J connectivity index is 1.77. The van der Waals surface area contributed by atoms with Crippen LogP contribution in [0.3, 0.4) is 0 Å². The van der Waals surface area contributed by atoms with E-state index in [1.165, 1.54) is 6.42 Å². The smallest absolute Gasteiger partial charge is 0.260 e. The van der Waals surface area contributed by atoms with E-state index in [9.17, 15) is 4.79 Å². The highest BCUT2D eigenvalue weighted by molar-refractivity contribution is 9.10. The lowest BCUT2D eigenvalue weighted by molar-refractivity contribution is -0.119. The Morgan fingerprint density at radius 2 is 2.37 bits per heavy atom. The van der Waals surface area contributed by atoms with Crippen LogP contribution in [0.5, 0.6) is 5.75 Å². The summed E-state index contributed by atoms with van der Waals surface area (Å²) in [5.41, 5.74) is 0. The number of rotatable bonds is 3. The first kappa shape index (κ1) is 13.1. The molecule has 1 saturated heterocycles. The van der Waals surface area contributed by atoms with E-state index in [2.05, 4.69) is 26.2 Å². The highest BCUT2D eigenvalue weighted by Gasteiger charge is 2.48. The summed E-state index contributed by atoms with van der Waals surface area (Å²) in [7, 11) is 1.55. The van der Waals surface area contributed by atoms with Crippen molar-refractivity contribution < 1.29 is 9.53 Å². The molecule has 0 spiro atoms. The van der Waals surface area contributed by atoms with Crippen LogP contribution in [0.4, 0.5) is 5.82 Å². The number of pyridine rings is 1. The van der Waals surface area contributed by atoms with Gasteiger partial charge in [0.1, 0.15) is 10.4 Å². The largest absolute Gasteiger partial charge is 0.497 e. The number of amides is 1. The SMILES string of the molecule is COc1cc(Br)nc(N(Cl)C(=O)[C@@H]2C[C@H]3C[C@H]3N2)c1. The number of carbonyl (C=O) groups is 1. The lowest BCUT2D eigenvalue weighted by Crippen LogP contribution is -2.41. The quantitative estimate of drug-likeness (QED) is 0.672. The predicted octanol–water partition coefficient (Wildman–Crippen LogP) is 2.09. The van der Waals surface area contributed by atoms with Crippen LogP contribution in [0, 0.1) is 5.92 Å². The Morgan fingerprint density at radius 1 is 1.58 bits per heavy atom. The van der Waals surface area contributed by atoms with Gasteiger partial charge in [-0.2, -0.15) is 0 Å². The first-order chi connectivity index (χ1) is 9.08. The monoisotopic (exact) mass is 345 g/mol. The van der Waals surface area contributed by atoms with Crippen molar-refractivity contribution in [3.8, 4) is 5.75 Å². The number of fused-ring (bicyclic) bond motifs is 1. The molecule has 1 amide bonds. The summed E-state index contributed by atoms with van der Waals surface area (Å²) in [6, 6.07) is 3.64. The number of hydrogen-bond donors (Lipinski definition) is 1. The van der Waals surface area contributed by atoms with Gasteiger partial charge in [0, 0.05) is 30.0 Å². The molecule has 0 radical (unpaired) electrons. The number of anilines is 1. The molecule has 1 aromatic heterocycles. The van der Waals surface area contributed by atoms with Gasteiger partial charge in [-0.05, 0) is 34.7 Å². The summed E-state index contributed by atoms with van der Waals surface area (Å²) in [5, 5.41) is 3.28. The third-order valence-corrected chi connectivity index (χ3v) is 4.30. The number of nitrogens with zero attached hydrogens (tertiary/aromatic N) is 2. The molecule has 2 fully saturated rings. The van der Waals surface area contributed by atoms with Gasteiger partial charge in [-0.25, -0.2) is 9.40 Å². The number of ether oxygens (including phenoxy) is 1. The number of halogens is 2. The number of hydrogen-bond acceptors (Lipinski definition) is 4. The zero-order valence-electron chi connectivity index (χ0n) is 10.3. The molecule has 0 bridgehead atoms. The van der Waals surface area contributed by atoms with E-state index in [4.69, 9.17) is 16.5 Å². The molecule has 102 valence electrons. The third kappa shape index (κ3) is 2.57. The van der Waals surface area contributed by atoms with E-state index < -0.39 is 0 Å². The second-order valence-electron chi connectivity index (χ2n) is 4.86. The van der Waals surface area contributed by atoms with Crippen LogP contribution in [0.15, 0.2) is 16.7 Å². The Labute approximate surface area is 124 Å². The van der Waals surface area contributed by atoms with Crippen molar-refractivity contribution in [3.63, 3.8) is 0 Å². The Hall–Kier alpha value is -0.850. The molecule has 3 atom stereocenters. The lowest BCUT2D eigenvalue weighted by Gasteiger charge is -2.19. The number of carbonyl (C=O) groups excluding carboxylic acids is 1. The number of methoxy groups -OCH3 is 1. The molecule has 7 heteroatoms. The van der Waals surface area contributed by atoms with Crippen molar-refractivity contribution in [2.45, 2.75) is 24.9 Å². The fraction of sp³-hybridized carbons (Fsp3) is 0.500. The van der Waals surface area contributed by atoms with Gasteiger partial charge >= 0.3 is 0 Å². The van der Waals surface area contributed by atoms with E-state index in [-0.39, 0.29) is 11.9 Å². The summed E-state index contributed by atoms with van der Waals surface area (Å²) < 4.78 is 6.77. The van der Waals surface area contributed by atoms with E-state index in [0.717, 1.165) is 10.8 Å². The molecule has 3 rings (SSSR count). The van der Waals surface area contributed by atoms with Gasteiger partial charge < -0.3 is 10.1 Å². The van der Waals surface area contributed by atoms with Crippen LogP contribution in [-0.4, -0.2) is 30.1 Å². The molecule has 1 aromatic rings. The summed E-state index contributed by atoms with van der Waals surface area (Å²) in [6.45, 7) is 0. The molecule has 1 N–H and O–H groups in total. The average molecular weight is 347 g/mol. The molecular weight excluding hydrogens is 334 g/mol. The molecule has 1 saturated carbocycles. The summed E-state index contributed by atoms with van der Waals surface area (Å²) >= 11 is 9.37. The normalized spacial score (nSPS) is 27.8. The zero-order chi connectivity index (χ0) is 13.6. The molecule has 5 nitrogen and oxygen atoms in total. The summed E-state index contributed by atoms with van der Waals surface area (Å²) in [4.78, 5) is 16.4. The van der Waals surface area contributed by atoms with Crippen molar-refractivity contribution >= 4 is 39.4 Å². The van der Waals surface area contributed by atoms with E-state index >= 15 is 0 Å². The Kier molecular flexibility index (Phi) is 3.41. The summed E-state index contributed by atoms with van der Waals surface area (Å²) in [6.07, 6.45) is 2.03. The molecule has 0 unspecified atom stereocenters. The predicted molar refractivity (Wildman–Crippen MR) is 75.3 cm³/mol. The highest BCUT2D eigenvalue weighted by atomic mass is 79.9. The van der Waals surface area contributed by atoms with Crippen LogP contribution in [0.2, 0.25) is 0 Å². The van der Waals surface area contributed by atoms with Crippen LogP contribution >= 0.6 is 27.7 Å². The first-order valence-electron chi connectivity index (χ1n) is 6.06. The van der Waals surface area contributed by atoms with Crippen molar-refractivity contribution in [1.82, 2.24) is 10.3 Å². The van der Waals surface area contributed by atoms with Crippen molar-refractivity contribution in [2.24, 2.45) is 5.92 Å². The molecular formula is C12H13BrClN3O2. The maximum Gasteiger partial charge on any atom is 0.260 e. The zero-order valence-corrected chi connectivity index (χ0v) is 12.6. The van der Waals surface area contributed by atoms with Crippen LogP contribution in [0.25, 0.3) is 0 Å². The molecule has 19 heavy (non-hydrogen) atoms. The minimum Gasteiger partial charge on any atom is -0.497 e. The van der Waals surface area contributed by atoms with Crippen LogP contribution < -0.4 is 14.5 Å². The highest BCUT2D eigenvalue weighted by Crippen LogP contribution is 2.41. The van der Waals surface area contributed by atoms with Crippen LogP contribution in [-0.2, 0) is 4.79 Å². The topological polar surface area (TPSA) is 54.5 Å². The molecule has 0 aromatic carbocycles. The van der Waals surface area contributed by atoms with Crippen LogP contribution in [0.1, 0.15) is 12.8 Å². The fourth-order valence-electron chi connectivity index (χ4n) is 2.44. The van der Waals surface area contributed by atoms with Gasteiger partial charge in [0.15, 0.2) is 5.82 Å². The van der Waals surface area contributed by atoms with Gasteiger partial charge in [0.05, 0.1) is 13.2 Å². The molecule has 2 heterocycles. The number of nitrogens with one attached hydrogen (secondary N) is 1. The standard InChI is InChI=1S/C12H13BrClN3O2/c1-19-7-4-10(13)16-11(5-7)17(14)12(18)9-3-6-2-8(6)15-9/h4-6,8-9,15H,2-3H2,1H3/t6-,8-,9+/m1/s1.